The molecule has 0 saturated carbocycles. The third-order valence-electron chi connectivity index (χ3n) is 2.45. The van der Waals surface area contributed by atoms with Crippen LogP contribution in [0.5, 0.6) is 5.88 Å². The summed E-state index contributed by atoms with van der Waals surface area (Å²) in [6, 6.07) is 5.82. The Kier molecular flexibility index (Phi) is 2.34. The quantitative estimate of drug-likeness (QED) is 0.702. The number of halogens is 1. The first kappa shape index (κ1) is 10.8. The summed E-state index contributed by atoms with van der Waals surface area (Å²) in [4.78, 5) is 8.18. The highest BCUT2D eigenvalue weighted by Crippen LogP contribution is 2.34. The molecule has 1 aromatic carbocycles. The summed E-state index contributed by atoms with van der Waals surface area (Å²) in [7, 11) is 0. The lowest BCUT2D eigenvalue weighted by molar-refractivity contribution is 0.460. The number of nitrogens with two attached hydrogens (primary N) is 1. The van der Waals surface area contributed by atoms with Crippen molar-refractivity contribution in [3.8, 4) is 17.1 Å². The smallest absolute Gasteiger partial charge is 0.227 e. The largest absolute Gasteiger partial charge is 0.493 e. The van der Waals surface area contributed by atoms with Crippen molar-refractivity contribution < 1.29 is 9.50 Å². The van der Waals surface area contributed by atoms with Crippen molar-refractivity contribution in [3.05, 3.63) is 30.1 Å². The molecule has 0 fully saturated rings. The Morgan fingerprint density at radius 1 is 1.17 bits per heavy atom. The number of hydrogen-bond acceptors (Lipinski definition) is 6. The zero-order valence-corrected chi connectivity index (χ0v) is 9.78. The van der Waals surface area contributed by atoms with Gasteiger partial charge < -0.3 is 10.8 Å². The second-order valence-corrected chi connectivity index (χ2v) is 4.38. The molecular formula is C11H7FN4OS. The van der Waals surface area contributed by atoms with Crippen molar-refractivity contribution in [2.45, 2.75) is 0 Å². The lowest BCUT2D eigenvalue weighted by atomic mass is 10.1. The zero-order valence-electron chi connectivity index (χ0n) is 8.96. The minimum atomic E-state index is -0.331. The van der Waals surface area contributed by atoms with E-state index in [-0.39, 0.29) is 17.6 Å². The number of hydrogen-bond donors (Lipinski definition) is 2. The van der Waals surface area contributed by atoms with Gasteiger partial charge in [0.05, 0.1) is 5.69 Å². The van der Waals surface area contributed by atoms with Crippen LogP contribution in [-0.2, 0) is 0 Å². The maximum Gasteiger partial charge on any atom is 0.227 e. The van der Waals surface area contributed by atoms with Gasteiger partial charge in [0, 0.05) is 5.56 Å². The lowest BCUT2D eigenvalue weighted by Gasteiger charge is -2.00. The van der Waals surface area contributed by atoms with Gasteiger partial charge in [-0.15, -0.1) is 0 Å². The van der Waals surface area contributed by atoms with Crippen molar-refractivity contribution in [3.63, 3.8) is 0 Å². The number of aromatic hydroxyl groups is 1. The van der Waals surface area contributed by atoms with Gasteiger partial charge in [-0.2, -0.15) is 9.36 Å². The van der Waals surface area contributed by atoms with E-state index in [2.05, 4.69) is 14.3 Å². The minimum Gasteiger partial charge on any atom is -0.493 e. The molecule has 0 unspecified atom stereocenters. The first-order valence-corrected chi connectivity index (χ1v) is 5.80. The molecule has 0 bridgehead atoms. The maximum atomic E-state index is 12.9. The second-order valence-electron chi connectivity index (χ2n) is 3.62. The summed E-state index contributed by atoms with van der Waals surface area (Å²) in [6.45, 7) is 0. The molecule has 3 rings (SSSR count). The van der Waals surface area contributed by atoms with Crippen LogP contribution in [0, 0.1) is 5.82 Å². The van der Waals surface area contributed by atoms with Gasteiger partial charge >= 0.3 is 0 Å². The van der Waals surface area contributed by atoms with E-state index >= 15 is 0 Å². The van der Waals surface area contributed by atoms with Gasteiger partial charge in [-0.1, -0.05) is 0 Å². The fourth-order valence-corrected chi connectivity index (χ4v) is 2.45. The topological polar surface area (TPSA) is 84.9 Å². The van der Waals surface area contributed by atoms with Crippen molar-refractivity contribution in [1.29, 1.82) is 0 Å². The summed E-state index contributed by atoms with van der Waals surface area (Å²) < 4.78 is 17.1. The van der Waals surface area contributed by atoms with Gasteiger partial charge in [0.15, 0.2) is 4.83 Å². The molecule has 18 heavy (non-hydrogen) atoms. The van der Waals surface area contributed by atoms with E-state index in [1.165, 1.54) is 12.1 Å². The van der Waals surface area contributed by atoms with Crippen LogP contribution >= 0.6 is 11.5 Å². The van der Waals surface area contributed by atoms with E-state index in [1.807, 2.05) is 0 Å². The zero-order chi connectivity index (χ0) is 12.7. The van der Waals surface area contributed by atoms with Gasteiger partial charge in [0.1, 0.15) is 11.2 Å². The molecule has 5 nitrogen and oxygen atoms in total. The van der Waals surface area contributed by atoms with Crippen molar-refractivity contribution in [2.24, 2.45) is 0 Å². The Labute approximate surface area is 105 Å². The standard InChI is InChI=1S/C11H7FN4OS/c12-6-3-1-5(2-4-6)8-7-9(17)14-11(13)15-10(7)18-16-8/h1-4H,(H3,13,14,15,17). The number of aromatic nitrogens is 3. The lowest BCUT2D eigenvalue weighted by Crippen LogP contribution is -1.93. The Morgan fingerprint density at radius 2 is 1.89 bits per heavy atom. The van der Waals surface area contributed by atoms with E-state index in [4.69, 9.17) is 5.73 Å². The number of benzene rings is 1. The molecule has 0 saturated heterocycles. The monoisotopic (exact) mass is 262 g/mol. The third kappa shape index (κ3) is 1.65. The molecule has 2 heterocycles. The molecule has 3 N–H and O–H groups in total. The maximum absolute atomic E-state index is 12.9. The van der Waals surface area contributed by atoms with Gasteiger partial charge in [-0.05, 0) is 35.8 Å². The van der Waals surface area contributed by atoms with Crippen LogP contribution in [0.4, 0.5) is 10.3 Å². The van der Waals surface area contributed by atoms with Gasteiger partial charge in [-0.25, -0.2) is 9.37 Å². The van der Waals surface area contributed by atoms with Crippen LogP contribution in [0.2, 0.25) is 0 Å². The summed E-state index contributed by atoms with van der Waals surface area (Å²) in [5.74, 6) is -0.553. The molecule has 3 aromatic rings. The molecule has 0 atom stereocenters. The van der Waals surface area contributed by atoms with Crippen LogP contribution in [-0.4, -0.2) is 19.4 Å². The SMILES string of the molecule is Nc1nc(O)c2c(-c3ccc(F)cc3)nsc2n1. The summed E-state index contributed by atoms with van der Waals surface area (Å²) >= 11 is 1.11. The average molecular weight is 262 g/mol. The molecule has 2 aromatic heterocycles. The molecule has 0 spiro atoms. The van der Waals surface area contributed by atoms with Crippen LogP contribution < -0.4 is 5.73 Å². The van der Waals surface area contributed by atoms with Gasteiger partial charge in [0.25, 0.3) is 0 Å². The fraction of sp³-hybridized carbons (Fsp3) is 0. The Hall–Kier alpha value is -2.28. The predicted molar refractivity (Wildman–Crippen MR) is 66.7 cm³/mol. The Balaban J connectivity index is 2.27. The molecular weight excluding hydrogens is 255 g/mol. The van der Waals surface area contributed by atoms with Gasteiger partial charge in [-0.3, -0.25) is 0 Å². The first-order valence-electron chi connectivity index (χ1n) is 5.03. The third-order valence-corrected chi connectivity index (χ3v) is 3.19. The Morgan fingerprint density at radius 3 is 2.61 bits per heavy atom. The van der Waals surface area contributed by atoms with Crippen LogP contribution in [0.15, 0.2) is 24.3 Å². The molecule has 0 aliphatic heterocycles. The summed E-state index contributed by atoms with van der Waals surface area (Å²) in [6.07, 6.45) is 0. The highest BCUT2D eigenvalue weighted by molar-refractivity contribution is 7.13. The van der Waals surface area contributed by atoms with E-state index in [9.17, 15) is 9.50 Å². The highest BCUT2D eigenvalue weighted by atomic mass is 32.1. The number of fused-ring (bicyclic) bond motifs is 1. The molecule has 0 radical (unpaired) electrons. The Bertz CT molecular complexity index is 726. The predicted octanol–water partition coefficient (Wildman–Crippen LogP) is 2.18. The number of rotatable bonds is 1. The highest BCUT2D eigenvalue weighted by Gasteiger charge is 2.15. The average Bonchev–Trinajstić information content (AvgIpc) is 2.74. The minimum absolute atomic E-state index is 0.00527. The number of nitrogens with zero attached hydrogens (tertiary/aromatic N) is 3. The number of nitrogen functional groups attached to an aromatic ring is 1. The van der Waals surface area contributed by atoms with Crippen LogP contribution in [0.3, 0.4) is 0 Å². The molecule has 0 amide bonds. The van der Waals surface area contributed by atoms with E-state index < -0.39 is 0 Å². The normalized spacial score (nSPS) is 10.9. The van der Waals surface area contributed by atoms with Crippen molar-refractivity contribution >= 4 is 27.7 Å². The van der Waals surface area contributed by atoms with Crippen molar-refractivity contribution in [1.82, 2.24) is 14.3 Å². The molecule has 90 valence electrons. The van der Waals surface area contributed by atoms with E-state index in [0.29, 0.717) is 21.5 Å². The molecule has 0 aliphatic rings. The van der Waals surface area contributed by atoms with E-state index in [1.54, 1.807) is 12.1 Å². The van der Waals surface area contributed by atoms with E-state index in [0.717, 1.165) is 11.5 Å². The van der Waals surface area contributed by atoms with Gasteiger partial charge in [0.2, 0.25) is 11.8 Å². The molecule has 0 aliphatic carbocycles. The number of anilines is 1. The fourth-order valence-electron chi connectivity index (χ4n) is 1.66. The summed E-state index contributed by atoms with van der Waals surface area (Å²) in [5, 5.41) is 10.2. The van der Waals surface area contributed by atoms with Crippen LogP contribution in [0.25, 0.3) is 21.5 Å². The van der Waals surface area contributed by atoms with Crippen molar-refractivity contribution in [2.75, 3.05) is 5.73 Å². The van der Waals surface area contributed by atoms with Crippen LogP contribution in [0.1, 0.15) is 0 Å². The molecule has 7 heteroatoms. The summed E-state index contributed by atoms with van der Waals surface area (Å²) in [5.41, 5.74) is 6.65. The second kappa shape index (κ2) is 3.88. The first-order chi connectivity index (χ1) is 8.65.